The van der Waals surface area contributed by atoms with E-state index < -0.39 is 0 Å². The smallest absolute Gasteiger partial charge is 0.0109 e. The van der Waals surface area contributed by atoms with Crippen LogP contribution in [0.1, 0.15) is 76.6 Å². The zero-order valence-electron chi connectivity index (χ0n) is 16.8. The van der Waals surface area contributed by atoms with E-state index in [0.717, 1.165) is 0 Å². The first kappa shape index (κ1) is 18.0. The molecule has 0 bridgehead atoms. The fourth-order valence-electron chi connectivity index (χ4n) is 4.86. The Hall–Kier alpha value is -1.82. The summed E-state index contributed by atoms with van der Waals surface area (Å²) >= 11 is 0. The summed E-state index contributed by atoms with van der Waals surface area (Å²) in [6.07, 6.45) is 6.58. The molecule has 2 aromatic rings. The highest BCUT2D eigenvalue weighted by molar-refractivity contribution is 5.88. The Kier molecular flexibility index (Phi) is 5.18. The average molecular weight is 333 g/mol. The Bertz CT molecular complexity index is 720. The maximum atomic E-state index is 2.35. The molecule has 1 aliphatic carbocycles. The molecule has 3 rings (SSSR count). The van der Waals surface area contributed by atoms with E-state index in [1.54, 1.807) is 11.1 Å². The van der Waals surface area contributed by atoms with Crippen molar-refractivity contribution in [3.63, 3.8) is 0 Å². The molecule has 0 aliphatic heterocycles. The summed E-state index contributed by atoms with van der Waals surface area (Å²) in [4.78, 5) is 0. The van der Waals surface area contributed by atoms with Crippen molar-refractivity contribution >= 4 is 5.57 Å². The Morgan fingerprint density at radius 2 is 0.920 bits per heavy atom. The molecule has 0 amide bonds. The van der Waals surface area contributed by atoms with Gasteiger partial charge in [0.15, 0.2) is 0 Å². The number of rotatable bonds is 2. The molecular weight excluding hydrogens is 300 g/mol. The fourth-order valence-corrected chi connectivity index (χ4v) is 4.86. The molecule has 2 aromatic carbocycles. The van der Waals surface area contributed by atoms with Gasteiger partial charge in [0.2, 0.25) is 0 Å². The van der Waals surface area contributed by atoms with E-state index in [2.05, 4.69) is 65.8 Å². The summed E-state index contributed by atoms with van der Waals surface area (Å²) in [6, 6.07) is 9.41. The van der Waals surface area contributed by atoms with Crippen molar-refractivity contribution < 1.29 is 0 Å². The molecule has 0 saturated heterocycles. The van der Waals surface area contributed by atoms with Gasteiger partial charge in [-0.15, -0.1) is 0 Å². The van der Waals surface area contributed by atoms with Crippen LogP contribution in [0, 0.1) is 41.5 Å². The van der Waals surface area contributed by atoms with Crippen LogP contribution in [0.3, 0.4) is 0 Å². The minimum atomic E-state index is 1.26. The molecule has 0 heteroatoms. The Balaban J connectivity index is 2.34. The number of allylic oxidation sites excluding steroid dienone is 1. The van der Waals surface area contributed by atoms with E-state index in [0.29, 0.717) is 0 Å². The van der Waals surface area contributed by atoms with E-state index in [1.165, 1.54) is 76.6 Å². The molecule has 0 aromatic heterocycles. The van der Waals surface area contributed by atoms with Gasteiger partial charge in [-0.25, -0.2) is 0 Å². The molecule has 1 saturated carbocycles. The van der Waals surface area contributed by atoms with Gasteiger partial charge in [-0.1, -0.05) is 47.4 Å². The van der Waals surface area contributed by atoms with Gasteiger partial charge >= 0.3 is 0 Å². The first-order valence-electron chi connectivity index (χ1n) is 9.77. The lowest BCUT2D eigenvalue weighted by Gasteiger charge is -2.26. The van der Waals surface area contributed by atoms with E-state index in [9.17, 15) is 0 Å². The highest BCUT2D eigenvalue weighted by atomic mass is 14.3. The molecule has 1 fully saturated rings. The second-order valence-electron chi connectivity index (χ2n) is 8.09. The maximum absolute atomic E-state index is 2.35. The minimum absolute atomic E-state index is 1.26. The molecule has 0 spiro atoms. The fraction of sp³-hybridized carbons (Fsp3) is 0.440. The number of aryl methyl sites for hydroxylation is 6. The second kappa shape index (κ2) is 7.20. The molecule has 0 nitrogen and oxygen atoms in total. The largest absolute Gasteiger partial charge is 0.0617 e. The van der Waals surface area contributed by atoms with Gasteiger partial charge in [0.1, 0.15) is 0 Å². The van der Waals surface area contributed by atoms with Crippen molar-refractivity contribution in [3.05, 3.63) is 74.3 Å². The van der Waals surface area contributed by atoms with Gasteiger partial charge in [-0.2, -0.15) is 0 Å². The Morgan fingerprint density at radius 3 is 1.28 bits per heavy atom. The van der Waals surface area contributed by atoms with E-state index in [-0.39, 0.29) is 0 Å². The third-order valence-electron chi connectivity index (χ3n) is 5.66. The van der Waals surface area contributed by atoms with Crippen LogP contribution in [-0.2, 0) is 0 Å². The zero-order chi connectivity index (χ0) is 18.1. The molecule has 0 heterocycles. The lowest BCUT2D eigenvalue weighted by molar-refractivity contribution is 0.601. The third kappa shape index (κ3) is 3.59. The Morgan fingerprint density at radius 1 is 0.560 bits per heavy atom. The van der Waals surface area contributed by atoms with Crippen LogP contribution in [0.2, 0.25) is 0 Å². The molecule has 0 atom stereocenters. The van der Waals surface area contributed by atoms with E-state index >= 15 is 0 Å². The summed E-state index contributed by atoms with van der Waals surface area (Å²) < 4.78 is 0. The van der Waals surface area contributed by atoms with Gasteiger partial charge in [0, 0.05) is 0 Å². The highest BCUT2D eigenvalue weighted by Gasteiger charge is 2.21. The lowest BCUT2D eigenvalue weighted by atomic mass is 9.79. The molecule has 1 aliphatic rings. The number of hydrogen-bond acceptors (Lipinski definition) is 0. The predicted molar refractivity (Wildman–Crippen MR) is 110 cm³/mol. The van der Waals surface area contributed by atoms with Crippen molar-refractivity contribution in [1.82, 2.24) is 0 Å². The van der Waals surface area contributed by atoms with Crippen molar-refractivity contribution in [2.75, 3.05) is 0 Å². The van der Waals surface area contributed by atoms with Crippen LogP contribution in [0.4, 0.5) is 0 Å². The third-order valence-corrected chi connectivity index (χ3v) is 5.66. The monoisotopic (exact) mass is 332 g/mol. The highest BCUT2D eigenvalue weighted by Crippen LogP contribution is 2.40. The van der Waals surface area contributed by atoms with Gasteiger partial charge in [0.25, 0.3) is 0 Å². The van der Waals surface area contributed by atoms with Crippen LogP contribution in [0.5, 0.6) is 0 Å². The van der Waals surface area contributed by atoms with Crippen molar-refractivity contribution in [3.8, 4) is 0 Å². The van der Waals surface area contributed by atoms with Gasteiger partial charge in [-0.3, -0.25) is 0 Å². The number of benzene rings is 2. The van der Waals surface area contributed by atoms with Gasteiger partial charge in [-0.05, 0) is 106 Å². The van der Waals surface area contributed by atoms with Crippen LogP contribution < -0.4 is 0 Å². The topological polar surface area (TPSA) is 0 Å². The second-order valence-corrected chi connectivity index (χ2v) is 8.09. The van der Waals surface area contributed by atoms with E-state index in [1.807, 2.05) is 0 Å². The maximum Gasteiger partial charge on any atom is -0.0109 e. The number of hydrogen-bond donors (Lipinski definition) is 0. The van der Waals surface area contributed by atoms with Gasteiger partial charge < -0.3 is 0 Å². The van der Waals surface area contributed by atoms with Crippen LogP contribution >= 0.6 is 0 Å². The minimum Gasteiger partial charge on any atom is -0.0617 e. The zero-order valence-corrected chi connectivity index (χ0v) is 16.8. The van der Waals surface area contributed by atoms with Crippen LogP contribution in [0.15, 0.2) is 29.8 Å². The summed E-state index contributed by atoms with van der Waals surface area (Å²) in [7, 11) is 0. The van der Waals surface area contributed by atoms with Crippen LogP contribution in [0.25, 0.3) is 5.57 Å². The molecule has 25 heavy (non-hydrogen) atoms. The first-order chi connectivity index (χ1) is 11.9. The SMILES string of the molecule is Cc1cc(C)c(C(=C2CCCCC2)c2c(C)cc(C)cc2C)c(C)c1. The molecular formula is C25H32. The molecule has 0 radical (unpaired) electrons. The summed E-state index contributed by atoms with van der Waals surface area (Å²) in [5, 5.41) is 0. The molecule has 0 N–H and O–H groups in total. The summed E-state index contributed by atoms with van der Waals surface area (Å²) in [5.74, 6) is 0. The molecule has 0 unspecified atom stereocenters. The van der Waals surface area contributed by atoms with Gasteiger partial charge in [0.05, 0.1) is 0 Å². The summed E-state index contributed by atoms with van der Waals surface area (Å²) in [6.45, 7) is 13.6. The van der Waals surface area contributed by atoms with Crippen molar-refractivity contribution in [1.29, 1.82) is 0 Å². The predicted octanol–water partition coefficient (Wildman–Crippen LogP) is 7.30. The summed E-state index contributed by atoms with van der Waals surface area (Å²) in [5.41, 5.74) is 14.6. The van der Waals surface area contributed by atoms with Crippen molar-refractivity contribution in [2.24, 2.45) is 0 Å². The standard InChI is InChI=1S/C25H32/c1-16-12-18(3)23(19(4)13-16)25(22-10-8-7-9-11-22)24-20(5)14-17(2)15-21(24)6/h12-15H,7-11H2,1-6H3. The van der Waals surface area contributed by atoms with Crippen LogP contribution in [-0.4, -0.2) is 0 Å². The quantitative estimate of drug-likeness (QED) is 0.541. The first-order valence-corrected chi connectivity index (χ1v) is 9.77. The van der Waals surface area contributed by atoms with E-state index in [4.69, 9.17) is 0 Å². The van der Waals surface area contributed by atoms with Crippen molar-refractivity contribution in [2.45, 2.75) is 73.6 Å². The molecule has 132 valence electrons. The Labute approximate surface area is 154 Å². The lowest BCUT2D eigenvalue weighted by Crippen LogP contribution is -2.06. The average Bonchev–Trinajstić information content (AvgIpc) is 2.52. The normalized spacial score (nSPS) is 14.7.